The maximum Gasteiger partial charge on any atom is 0.316 e. The van der Waals surface area contributed by atoms with E-state index >= 15 is 0 Å². The zero-order valence-electron chi connectivity index (χ0n) is 33.9. The number of anilines is 1. The molecule has 0 saturated carbocycles. The minimum Gasteiger partial charge on any atom is -0.588 e. The number of nitrogens with zero attached hydrogens (tertiary/aromatic N) is 3. The second-order valence-corrected chi connectivity index (χ2v) is 18.3. The summed E-state index contributed by atoms with van der Waals surface area (Å²) in [4.78, 5) is 33.4. The standard InChI is InChI=1S/C46H50ClN5O7S/c1-46(2)17-13-34(40(28-46)32-3-5-35(47)6-4-32)29-50-19-21-51(22-20-50)36-7-10-39(44(26-36)59-37-8-11-41-33(25-37)14-18-48-41)45(53)49-60(56)38-9-12-43(42(27-38)52(54)55)58-30-31-15-23-57-24-16-31/h3-12,14,18,25-27,31,48H,13,15-17,19-24,28-30H2,1-2H3,(H,49,53). The number of aromatic nitrogens is 1. The summed E-state index contributed by atoms with van der Waals surface area (Å²) in [5.74, 6) is 0.500. The number of rotatable bonds is 13. The van der Waals surface area contributed by atoms with Gasteiger partial charge >= 0.3 is 5.69 Å². The summed E-state index contributed by atoms with van der Waals surface area (Å²) < 4.78 is 33.8. The van der Waals surface area contributed by atoms with Crippen LogP contribution in [0.25, 0.3) is 16.5 Å². The lowest BCUT2D eigenvalue weighted by Gasteiger charge is -2.39. The summed E-state index contributed by atoms with van der Waals surface area (Å²) in [6.45, 7) is 10.5. The van der Waals surface area contributed by atoms with E-state index < -0.39 is 22.2 Å². The Kier molecular flexibility index (Phi) is 12.7. The van der Waals surface area contributed by atoms with Crippen molar-refractivity contribution in [1.82, 2.24) is 14.6 Å². The molecule has 1 atom stereocenters. The number of aromatic amines is 1. The molecule has 2 saturated heterocycles. The molecular formula is C46H50ClN5O7S. The van der Waals surface area contributed by atoms with Gasteiger partial charge in [-0.1, -0.05) is 43.2 Å². The Bertz CT molecular complexity index is 2370. The first kappa shape index (κ1) is 41.7. The number of ether oxygens (including phenoxy) is 3. The average molecular weight is 852 g/mol. The third-order valence-corrected chi connectivity index (χ3v) is 13.1. The number of carbonyl (C=O) groups excluding carboxylic acids is 1. The molecule has 1 aromatic heterocycles. The van der Waals surface area contributed by atoms with Crippen LogP contribution >= 0.6 is 11.6 Å². The van der Waals surface area contributed by atoms with Crippen molar-refractivity contribution in [3.05, 3.63) is 123 Å². The van der Waals surface area contributed by atoms with Gasteiger partial charge in [-0.3, -0.25) is 19.8 Å². The number of allylic oxidation sites excluding steroid dienone is 1. The molecule has 8 rings (SSSR count). The van der Waals surface area contributed by atoms with Crippen molar-refractivity contribution in [2.45, 2.75) is 50.8 Å². The van der Waals surface area contributed by atoms with Crippen LogP contribution in [0.3, 0.4) is 0 Å². The molecule has 2 fully saturated rings. The van der Waals surface area contributed by atoms with Gasteiger partial charge in [-0.25, -0.2) is 0 Å². The van der Waals surface area contributed by atoms with E-state index in [1.165, 1.54) is 34.9 Å². The highest BCUT2D eigenvalue weighted by Crippen LogP contribution is 2.43. The van der Waals surface area contributed by atoms with Gasteiger partial charge in [0.1, 0.15) is 22.9 Å². The smallest absolute Gasteiger partial charge is 0.316 e. The zero-order chi connectivity index (χ0) is 41.8. The summed E-state index contributed by atoms with van der Waals surface area (Å²) in [6, 6.07) is 25.3. The molecule has 0 radical (unpaired) electrons. The third-order valence-electron chi connectivity index (χ3n) is 11.8. The van der Waals surface area contributed by atoms with Gasteiger partial charge < -0.3 is 28.6 Å². The number of carbonyl (C=O) groups is 1. The highest BCUT2D eigenvalue weighted by molar-refractivity contribution is 7.90. The Morgan fingerprint density at radius 3 is 2.53 bits per heavy atom. The number of fused-ring (bicyclic) bond motifs is 1. The number of nitro groups is 1. The highest BCUT2D eigenvalue weighted by atomic mass is 35.5. The number of nitro benzene ring substituents is 1. The van der Waals surface area contributed by atoms with Crippen LogP contribution in [0.15, 0.2) is 102 Å². The largest absolute Gasteiger partial charge is 0.588 e. The topological polar surface area (TPSA) is 145 Å². The number of piperazine rings is 1. The van der Waals surface area contributed by atoms with Crippen molar-refractivity contribution in [3.8, 4) is 17.2 Å². The van der Waals surface area contributed by atoms with E-state index in [4.69, 9.17) is 25.8 Å². The monoisotopic (exact) mass is 851 g/mol. The van der Waals surface area contributed by atoms with Gasteiger partial charge in [0.25, 0.3) is 5.91 Å². The van der Waals surface area contributed by atoms with E-state index in [9.17, 15) is 19.5 Å². The fourth-order valence-electron chi connectivity index (χ4n) is 8.30. The van der Waals surface area contributed by atoms with E-state index in [-0.39, 0.29) is 33.2 Å². The maximum atomic E-state index is 13.9. The van der Waals surface area contributed by atoms with Crippen molar-refractivity contribution in [1.29, 1.82) is 0 Å². The summed E-state index contributed by atoms with van der Waals surface area (Å²) in [5.41, 5.74) is 6.13. The first-order valence-electron chi connectivity index (χ1n) is 20.5. The average Bonchev–Trinajstić information content (AvgIpc) is 3.72. The number of halogens is 1. The van der Waals surface area contributed by atoms with E-state index in [1.807, 2.05) is 54.7 Å². The van der Waals surface area contributed by atoms with Crippen LogP contribution in [0.5, 0.6) is 17.2 Å². The summed E-state index contributed by atoms with van der Waals surface area (Å²) in [7, 11) is 0. The molecule has 314 valence electrons. The minimum atomic E-state index is -2.12. The van der Waals surface area contributed by atoms with Crippen LogP contribution < -0.4 is 19.1 Å². The van der Waals surface area contributed by atoms with Gasteiger partial charge in [0.05, 0.1) is 23.2 Å². The first-order valence-corrected chi connectivity index (χ1v) is 22.1. The zero-order valence-corrected chi connectivity index (χ0v) is 35.5. The lowest BCUT2D eigenvalue weighted by molar-refractivity contribution is -0.386. The normalized spacial score (nSPS) is 18.0. The Labute approximate surface area is 358 Å². The quantitative estimate of drug-likeness (QED) is 0.0672. The Balaban J connectivity index is 0.983. The maximum absolute atomic E-state index is 13.9. The fourth-order valence-corrected chi connectivity index (χ4v) is 9.23. The Morgan fingerprint density at radius 1 is 0.983 bits per heavy atom. The predicted octanol–water partition coefficient (Wildman–Crippen LogP) is 9.57. The molecule has 2 aliphatic heterocycles. The van der Waals surface area contributed by atoms with Crippen LogP contribution in [-0.4, -0.2) is 77.8 Å². The molecule has 12 nitrogen and oxygen atoms in total. The van der Waals surface area contributed by atoms with E-state index in [0.29, 0.717) is 31.3 Å². The van der Waals surface area contributed by atoms with Gasteiger partial charge in [-0.05, 0) is 115 Å². The van der Waals surface area contributed by atoms with E-state index in [0.717, 1.165) is 86.4 Å². The molecule has 5 aromatic rings. The summed E-state index contributed by atoms with van der Waals surface area (Å²) >= 11 is 4.12. The minimum absolute atomic E-state index is 0.0660. The van der Waals surface area contributed by atoms with Crippen LogP contribution in [-0.2, 0) is 16.1 Å². The molecule has 0 bridgehead atoms. The van der Waals surface area contributed by atoms with Crippen LogP contribution in [0.4, 0.5) is 11.4 Å². The molecule has 60 heavy (non-hydrogen) atoms. The molecular weight excluding hydrogens is 802 g/mol. The molecule has 1 amide bonds. The Hall–Kier alpha value is -5.05. The van der Waals surface area contributed by atoms with Crippen molar-refractivity contribution < 1.29 is 28.5 Å². The molecule has 0 spiro atoms. The number of hydrogen-bond donors (Lipinski definition) is 2. The SMILES string of the molecule is CC1(C)CCC(CN2CCN(c3ccc(C(=O)N[S+]([O-])c4ccc(OCC5CCOCC5)c([N+](=O)[O-])c4)c(Oc4ccc5[nH]ccc5c4)c3)CC2)=C(c2ccc(Cl)cc2)C1. The van der Waals surface area contributed by atoms with Crippen LogP contribution in [0.2, 0.25) is 5.02 Å². The lowest BCUT2D eigenvalue weighted by Crippen LogP contribution is -2.47. The molecule has 14 heteroatoms. The van der Waals surface area contributed by atoms with Gasteiger partial charge in [-0.2, -0.15) is 4.72 Å². The second kappa shape index (κ2) is 18.3. The van der Waals surface area contributed by atoms with Gasteiger partial charge in [0.2, 0.25) is 0 Å². The van der Waals surface area contributed by atoms with Gasteiger partial charge in [-0.15, -0.1) is 0 Å². The molecule has 1 aliphatic carbocycles. The number of amides is 1. The highest BCUT2D eigenvalue weighted by Gasteiger charge is 2.31. The van der Waals surface area contributed by atoms with E-state index in [1.54, 1.807) is 6.07 Å². The van der Waals surface area contributed by atoms with Crippen molar-refractivity contribution >= 4 is 56.7 Å². The second-order valence-electron chi connectivity index (χ2n) is 16.7. The fraction of sp³-hybridized carbons (Fsp3) is 0.370. The van der Waals surface area contributed by atoms with Crippen molar-refractivity contribution in [3.63, 3.8) is 0 Å². The Morgan fingerprint density at radius 2 is 1.77 bits per heavy atom. The number of H-pyrrole nitrogens is 1. The molecule has 4 aromatic carbocycles. The van der Waals surface area contributed by atoms with Crippen molar-refractivity contribution in [2.24, 2.45) is 11.3 Å². The number of nitrogens with one attached hydrogen (secondary N) is 2. The molecule has 3 aliphatic rings. The van der Waals surface area contributed by atoms with Crippen molar-refractivity contribution in [2.75, 3.05) is 57.4 Å². The van der Waals surface area contributed by atoms with Crippen LogP contribution in [0.1, 0.15) is 61.9 Å². The summed E-state index contributed by atoms with van der Waals surface area (Å²) in [6.07, 6.45) is 6.75. The molecule has 3 heterocycles. The third kappa shape index (κ3) is 9.93. The predicted molar refractivity (Wildman–Crippen MR) is 235 cm³/mol. The lowest BCUT2D eigenvalue weighted by atomic mass is 9.72. The molecule has 2 N–H and O–H groups in total. The van der Waals surface area contributed by atoms with Crippen LogP contribution in [0, 0.1) is 21.4 Å². The summed E-state index contributed by atoms with van der Waals surface area (Å²) in [5, 5.41) is 13.7. The van der Waals surface area contributed by atoms with E-state index in [2.05, 4.69) is 45.5 Å². The van der Waals surface area contributed by atoms with Gasteiger partial charge in [0, 0.05) is 79.8 Å². The number of benzene rings is 4. The molecule has 1 unspecified atom stereocenters. The van der Waals surface area contributed by atoms with Gasteiger partial charge in [0.15, 0.2) is 10.6 Å². The number of hydrogen-bond acceptors (Lipinski definition) is 9. The first-order chi connectivity index (χ1) is 29.0.